The van der Waals surface area contributed by atoms with E-state index in [0.717, 1.165) is 19.4 Å². The first-order valence-electron chi connectivity index (χ1n) is 5.30. The van der Waals surface area contributed by atoms with Crippen molar-refractivity contribution in [3.8, 4) is 0 Å². The van der Waals surface area contributed by atoms with Gasteiger partial charge in [0.2, 0.25) is 0 Å². The lowest BCUT2D eigenvalue weighted by molar-refractivity contribution is 0.152. The minimum Gasteiger partial charge on any atom is -0.450 e. The topological polar surface area (TPSA) is 50.4 Å². The molecule has 0 atom stereocenters. The van der Waals surface area contributed by atoms with E-state index in [1.807, 2.05) is 0 Å². The molecular formula is C10H23ClN2O2. The second-order valence-electron chi connectivity index (χ2n) is 3.46. The number of nitrogens with one attached hydrogen (secondary N) is 2. The lowest BCUT2D eigenvalue weighted by atomic mass is 10.3. The van der Waals surface area contributed by atoms with E-state index in [9.17, 15) is 4.79 Å². The van der Waals surface area contributed by atoms with Crippen molar-refractivity contribution in [2.45, 2.75) is 39.7 Å². The number of unbranched alkanes of at least 4 members (excludes halogenated alkanes) is 1. The van der Waals surface area contributed by atoms with Crippen molar-refractivity contribution in [2.24, 2.45) is 0 Å². The SMILES string of the molecule is CCOC(=O)NCCCCNC(C)C.Cl. The molecule has 0 aliphatic heterocycles. The van der Waals surface area contributed by atoms with Crippen LogP contribution in [0.15, 0.2) is 0 Å². The number of hydrogen-bond acceptors (Lipinski definition) is 3. The number of alkyl carbamates (subject to hydrolysis) is 1. The van der Waals surface area contributed by atoms with Gasteiger partial charge in [0.05, 0.1) is 6.61 Å². The Morgan fingerprint density at radius 1 is 1.27 bits per heavy atom. The first kappa shape index (κ1) is 16.9. The summed E-state index contributed by atoms with van der Waals surface area (Å²) < 4.78 is 4.72. The molecule has 0 aromatic carbocycles. The molecule has 1 amide bonds. The Balaban J connectivity index is 0. The minimum atomic E-state index is -0.315. The summed E-state index contributed by atoms with van der Waals surface area (Å²) in [5.41, 5.74) is 0. The van der Waals surface area contributed by atoms with E-state index in [1.54, 1.807) is 6.92 Å². The van der Waals surface area contributed by atoms with Gasteiger partial charge >= 0.3 is 6.09 Å². The first-order valence-corrected chi connectivity index (χ1v) is 5.30. The highest BCUT2D eigenvalue weighted by Crippen LogP contribution is 1.87. The normalized spacial score (nSPS) is 9.60. The first-order chi connectivity index (χ1) is 6.66. The van der Waals surface area contributed by atoms with Gasteiger partial charge < -0.3 is 15.4 Å². The summed E-state index contributed by atoms with van der Waals surface area (Å²) in [7, 11) is 0. The Bertz CT molecular complexity index is 154. The van der Waals surface area contributed by atoms with Crippen molar-refractivity contribution in [3.05, 3.63) is 0 Å². The van der Waals surface area contributed by atoms with Crippen LogP contribution in [0.1, 0.15) is 33.6 Å². The molecule has 0 aliphatic rings. The number of ether oxygens (including phenoxy) is 1. The fourth-order valence-corrected chi connectivity index (χ4v) is 1.01. The van der Waals surface area contributed by atoms with E-state index in [0.29, 0.717) is 19.2 Å². The number of amides is 1. The van der Waals surface area contributed by atoms with Crippen LogP contribution in [0.3, 0.4) is 0 Å². The molecule has 5 heteroatoms. The molecule has 0 spiro atoms. The van der Waals surface area contributed by atoms with Crippen LogP contribution in [-0.4, -0.2) is 31.8 Å². The molecule has 0 bridgehead atoms. The van der Waals surface area contributed by atoms with Gasteiger partial charge in [-0.05, 0) is 26.3 Å². The molecule has 4 nitrogen and oxygen atoms in total. The van der Waals surface area contributed by atoms with Crippen molar-refractivity contribution in [1.29, 1.82) is 0 Å². The van der Waals surface area contributed by atoms with Crippen LogP contribution < -0.4 is 10.6 Å². The van der Waals surface area contributed by atoms with E-state index in [2.05, 4.69) is 24.5 Å². The summed E-state index contributed by atoms with van der Waals surface area (Å²) >= 11 is 0. The van der Waals surface area contributed by atoms with Crippen LogP contribution in [0.25, 0.3) is 0 Å². The largest absolute Gasteiger partial charge is 0.450 e. The monoisotopic (exact) mass is 238 g/mol. The fraction of sp³-hybridized carbons (Fsp3) is 0.900. The van der Waals surface area contributed by atoms with E-state index in [-0.39, 0.29) is 18.5 Å². The Morgan fingerprint density at radius 3 is 2.40 bits per heavy atom. The summed E-state index contributed by atoms with van der Waals surface area (Å²) in [5, 5.41) is 6.00. The molecule has 15 heavy (non-hydrogen) atoms. The van der Waals surface area contributed by atoms with Gasteiger partial charge in [-0.3, -0.25) is 0 Å². The van der Waals surface area contributed by atoms with E-state index in [4.69, 9.17) is 4.74 Å². The zero-order valence-corrected chi connectivity index (χ0v) is 10.7. The lowest BCUT2D eigenvalue weighted by Crippen LogP contribution is -2.27. The Kier molecular flexibility index (Phi) is 13.1. The van der Waals surface area contributed by atoms with E-state index >= 15 is 0 Å². The number of carbonyl (C=O) groups is 1. The summed E-state index contributed by atoms with van der Waals surface area (Å²) in [4.78, 5) is 10.8. The molecule has 0 heterocycles. The summed E-state index contributed by atoms with van der Waals surface area (Å²) in [5.74, 6) is 0. The molecule has 0 rings (SSSR count). The van der Waals surface area contributed by atoms with Crippen molar-refractivity contribution >= 4 is 18.5 Å². The van der Waals surface area contributed by atoms with Crippen molar-refractivity contribution < 1.29 is 9.53 Å². The molecule has 0 fully saturated rings. The summed E-state index contributed by atoms with van der Waals surface area (Å²) in [6, 6.07) is 0.535. The molecule has 0 aliphatic carbocycles. The molecular weight excluding hydrogens is 216 g/mol. The average molecular weight is 239 g/mol. The molecule has 0 unspecified atom stereocenters. The Morgan fingerprint density at radius 2 is 1.87 bits per heavy atom. The Labute approximate surface area is 98.6 Å². The van der Waals surface area contributed by atoms with Crippen molar-refractivity contribution in [2.75, 3.05) is 19.7 Å². The maximum atomic E-state index is 10.8. The standard InChI is InChI=1S/C10H22N2O2.ClH/c1-4-14-10(13)12-8-6-5-7-11-9(2)3;/h9,11H,4-8H2,1-3H3,(H,12,13);1H. The summed E-state index contributed by atoms with van der Waals surface area (Å²) in [6.07, 6.45) is 1.74. The predicted octanol–water partition coefficient (Wildman–Crippen LogP) is 1.93. The van der Waals surface area contributed by atoms with E-state index in [1.165, 1.54) is 0 Å². The third-order valence-electron chi connectivity index (χ3n) is 1.70. The van der Waals surface area contributed by atoms with E-state index < -0.39 is 0 Å². The van der Waals surface area contributed by atoms with Gasteiger partial charge in [-0.1, -0.05) is 13.8 Å². The quantitative estimate of drug-likeness (QED) is 0.667. The maximum Gasteiger partial charge on any atom is 0.407 e. The molecule has 0 radical (unpaired) electrons. The maximum absolute atomic E-state index is 10.8. The van der Waals surface area contributed by atoms with Gasteiger partial charge in [0.1, 0.15) is 0 Å². The van der Waals surface area contributed by atoms with Crippen LogP contribution in [0.5, 0.6) is 0 Å². The lowest BCUT2D eigenvalue weighted by Gasteiger charge is -2.08. The average Bonchev–Trinajstić information content (AvgIpc) is 2.11. The van der Waals surface area contributed by atoms with Gasteiger partial charge in [0, 0.05) is 12.6 Å². The smallest absolute Gasteiger partial charge is 0.407 e. The third kappa shape index (κ3) is 13.5. The highest BCUT2D eigenvalue weighted by Gasteiger charge is 1.98. The number of hydrogen-bond donors (Lipinski definition) is 2. The predicted molar refractivity (Wildman–Crippen MR) is 64.6 cm³/mol. The van der Waals surface area contributed by atoms with Crippen LogP contribution in [-0.2, 0) is 4.74 Å². The second kappa shape index (κ2) is 11.6. The highest BCUT2D eigenvalue weighted by molar-refractivity contribution is 5.85. The van der Waals surface area contributed by atoms with Crippen LogP contribution in [0, 0.1) is 0 Å². The number of halogens is 1. The zero-order valence-electron chi connectivity index (χ0n) is 9.84. The van der Waals surface area contributed by atoms with Crippen molar-refractivity contribution in [3.63, 3.8) is 0 Å². The molecule has 0 saturated carbocycles. The summed E-state index contributed by atoms with van der Waals surface area (Å²) in [6.45, 7) is 8.17. The molecule has 0 saturated heterocycles. The second-order valence-corrected chi connectivity index (χ2v) is 3.46. The van der Waals surface area contributed by atoms with Gasteiger partial charge in [-0.25, -0.2) is 4.79 Å². The van der Waals surface area contributed by atoms with Gasteiger partial charge in [0.15, 0.2) is 0 Å². The van der Waals surface area contributed by atoms with Crippen LogP contribution in [0.2, 0.25) is 0 Å². The molecule has 92 valence electrons. The Hall–Kier alpha value is -0.480. The fourth-order valence-electron chi connectivity index (χ4n) is 1.01. The number of carbonyl (C=O) groups excluding carboxylic acids is 1. The molecule has 0 aromatic heterocycles. The van der Waals surface area contributed by atoms with Gasteiger partial charge in [-0.15, -0.1) is 12.4 Å². The van der Waals surface area contributed by atoms with Gasteiger partial charge in [0.25, 0.3) is 0 Å². The van der Waals surface area contributed by atoms with Gasteiger partial charge in [-0.2, -0.15) is 0 Å². The molecule has 0 aromatic rings. The van der Waals surface area contributed by atoms with Crippen LogP contribution >= 0.6 is 12.4 Å². The van der Waals surface area contributed by atoms with Crippen LogP contribution in [0.4, 0.5) is 4.79 Å². The third-order valence-corrected chi connectivity index (χ3v) is 1.70. The zero-order chi connectivity index (χ0) is 10.8. The molecule has 2 N–H and O–H groups in total. The minimum absolute atomic E-state index is 0. The van der Waals surface area contributed by atoms with Crippen molar-refractivity contribution in [1.82, 2.24) is 10.6 Å². The number of rotatable bonds is 7. The highest BCUT2D eigenvalue weighted by atomic mass is 35.5.